The summed E-state index contributed by atoms with van der Waals surface area (Å²) in [6, 6.07) is 12.7. The van der Waals surface area contributed by atoms with Crippen molar-refractivity contribution in [1.82, 2.24) is 19.0 Å². The number of nitrogens with one attached hydrogen (secondary N) is 1. The Morgan fingerprint density at radius 3 is 2.69 bits per heavy atom. The number of likely N-dealkylation sites (tertiary alicyclic amines) is 1. The Hall–Kier alpha value is -2.86. The van der Waals surface area contributed by atoms with Crippen LogP contribution in [0.15, 0.2) is 53.5 Å². The lowest BCUT2D eigenvalue weighted by Crippen LogP contribution is -2.39. The summed E-state index contributed by atoms with van der Waals surface area (Å²) < 4.78 is 17.5. The van der Waals surface area contributed by atoms with Gasteiger partial charge in [-0.15, -0.1) is 0 Å². The molecule has 0 aliphatic carbocycles. The topological polar surface area (TPSA) is 46.0 Å². The van der Waals surface area contributed by atoms with Crippen molar-refractivity contribution in [3.63, 3.8) is 0 Å². The number of rotatable bonds is 4. The van der Waals surface area contributed by atoms with E-state index in [1.54, 1.807) is 6.07 Å². The Bertz CT molecular complexity index is 1230. The average molecular weight is 392 g/mol. The third-order valence-corrected chi connectivity index (χ3v) is 6.12. The molecule has 1 saturated heterocycles. The maximum Gasteiger partial charge on any atom is 0.327 e. The van der Waals surface area contributed by atoms with Crippen LogP contribution in [-0.2, 0) is 0 Å². The highest BCUT2D eigenvalue weighted by Gasteiger charge is 2.24. The summed E-state index contributed by atoms with van der Waals surface area (Å²) in [4.78, 5) is 18.6. The van der Waals surface area contributed by atoms with E-state index < -0.39 is 0 Å². The largest absolute Gasteiger partial charge is 0.327 e. The summed E-state index contributed by atoms with van der Waals surface area (Å²) in [5.41, 5.74) is 3.46. The predicted molar refractivity (Wildman–Crippen MR) is 114 cm³/mol. The van der Waals surface area contributed by atoms with Crippen LogP contribution in [0.4, 0.5) is 4.39 Å². The van der Waals surface area contributed by atoms with Gasteiger partial charge in [0.25, 0.3) is 0 Å². The highest BCUT2D eigenvalue weighted by Crippen LogP contribution is 2.29. The van der Waals surface area contributed by atoms with Crippen LogP contribution in [-0.4, -0.2) is 32.1 Å². The average Bonchev–Trinajstić information content (AvgIpc) is 3.30. The molecule has 1 atom stereocenters. The Balaban J connectivity index is 1.68. The van der Waals surface area contributed by atoms with Crippen LogP contribution < -0.4 is 5.69 Å². The van der Waals surface area contributed by atoms with E-state index in [0.717, 1.165) is 47.1 Å². The summed E-state index contributed by atoms with van der Waals surface area (Å²) in [7, 11) is 0. The Morgan fingerprint density at radius 2 is 1.90 bits per heavy atom. The molecule has 6 heteroatoms. The molecule has 150 valence electrons. The predicted octanol–water partition coefficient (Wildman–Crippen LogP) is 4.81. The van der Waals surface area contributed by atoms with Gasteiger partial charge in [0.05, 0.1) is 28.4 Å². The van der Waals surface area contributed by atoms with E-state index >= 15 is 0 Å². The maximum atomic E-state index is 13.6. The molecule has 4 aromatic rings. The van der Waals surface area contributed by atoms with Crippen molar-refractivity contribution in [2.24, 2.45) is 0 Å². The first kappa shape index (κ1) is 18.2. The van der Waals surface area contributed by atoms with Crippen molar-refractivity contribution < 1.29 is 4.39 Å². The van der Waals surface area contributed by atoms with Crippen LogP contribution in [0.1, 0.15) is 38.8 Å². The van der Waals surface area contributed by atoms with E-state index in [-0.39, 0.29) is 17.7 Å². The van der Waals surface area contributed by atoms with Gasteiger partial charge in [-0.05, 0) is 55.7 Å². The maximum absolute atomic E-state index is 13.6. The van der Waals surface area contributed by atoms with Crippen molar-refractivity contribution in [2.75, 3.05) is 13.1 Å². The molecule has 1 N–H and O–H groups in total. The van der Waals surface area contributed by atoms with E-state index in [0.29, 0.717) is 0 Å². The first-order valence-corrected chi connectivity index (χ1v) is 10.4. The highest BCUT2D eigenvalue weighted by molar-refractivity contribution is 5.89. The van der Waals surface area contributed by atoms with E-state index in [1.165, 1.54) is 31.4 Å². The van der Waals surface area contributed by atoms with E-state index in [1.807, 2.05) is 39.6 Å². The smallest absolute Gasteiger partial charge is 0.314 e. The first-order valence-electron chi connectivity index (χ1n) is 10.4. The van der Waals surface area contributed by atoms with Gasteiger partial charge in [-0.3, -0.25) is 9.47 Å². The molecule has 0 amide bonds. The van der Waals surface area contributed by atoms with Gasteiger partial charge in [-0.1, -0.05) is 19.4 Å². The molecule has 29 heavy (non-hydrogen) atoms. The van der Waals surface area contributed by atoms with Gasteiger partial charge >= 0.3 is 5.69 Å². The number of hydrogen-bond donors (Lipinski definition) is 1. The third-order valence-electron chi connectivity index (χ3n) is 6.12. The first-order chi connectivity index (χ1) is 14.2. The van der Waals surface area contributed by atoms with E-state index in [9.17, 15) is 9.18 Å². The number of fused-ring (bicyclic) bond motifs is 2. The lowest BCUT2D eigenvalue weighted by molar-refractivity contribution is 0.110. The fraction of sp³-hybridized carbons (Fsp3) is 0.348. The molecule has 0 bridgehead atoms. The van der Waals surface area contributed by atoms with Crippen LogP contribution in [0, 0.1) is 5.82 Å². The van der Waals surface area contributed by atoms with Crippen molar-refractivity contribution >= 4 is 21.9 Å². The number of H-pyrrole nitrogens is 1. The summed E-state index contributed by atoms with van der Waals surface area (Å²) >= 11 is 0. The van der Waals surface area contributed by atoms with Crippen molar-refractivity contribution in [2.45, 2.75) is 38.8 Å². The fourth-order valence-corrected chi connectivity index (χ4v) is 4.77. The van der Waals surface area contributed by atoms with Gasteiger partial charge in [0.15, 0.2) is 0 Å². The Kier molecular flexibility index (Phi) is 4.51. The molecule has 1 aliphatic heterocycles. The zero-order valence-corrected chi connectivity index (χ0v) is 16.6. The molecule has 1 fully saturated rings. The minimum Gasteiger partial charge on any atom is -0.314 e. The second kappa shape index (κ2) is 7.19. The molecule has 5 rings (SSSR count). The molecular weight excluding hydrogens is 367 g/mol. The third kappa shape index (κ3) is 2.99. The minimum absolute atomic E-state index is 0.0577. The number of imidazole rings is 1. The molecule has 0 saturated carbocycles. The van der Waals surface area contributed by atoms with Gasteiger partial charge in [0.2, 0.25) is 0 Å². The molecular formula is C23H25FN4O. The fourth-order valence-electron chi connectivity index (χ4n) is 4.77. The van der Waals surface area contributed by atoms with Crippen molar-refractivity contribution in [1.29, 1.82) is 0 Å². The lowest BCUT2D eigenvalue weighted by Gasteiger charge is -2.34. The summed E-state index contributed by atoms with van der Waals surface area (Å²) in [5, 5.41) is 0.837. The zero-order chi connectivity index (χ0) is 20.0. The molecule has 2 aromatic heterocycles. The lowest BCUT2D eigenvalue weighted by atomic mass is 10.1. The number of para-hydroxylation sites is 1. The summed E-state index contributed by atoms with van der Waals surface area (Å²) in [6.07, 6.45) is 6.50. The van der Waals surface area contributed by atoms with Crippen molar-refractivity contribution in [3.05, 3.63) is 65.0 Å². The molecule has 2 aromatic carbocycles. The molecule has 1 aliphatic rings. The number of halogens is 1. The molecule has 1 unspecified atom stereocenters. The number of aromatic amines is 1. The normalized spacial score (nSPS) is 16.6. The van der Waals surface area contributed by atoms with Crippen LogP contribution >= 0.6 is 0 Å². The van der Waals surface area contributed by atoms with Gasteiger partial charge < -0.3 is 9.55 Å². The monoisotopic (exact) mass is 392 g/mol. The SMILES string of the molecule is CCC(N1CCCCC1)n1c(=O)[nH]c2c(-n3ccc4cc(F)ccc43)cccc21. The van der Waals surface area contributed by atoms with Gasteiger partial charge in [0.1, 0.15) is 5.82 Å². The van der Waals surface area contributed by atoms with E-state index in [2.05, 4.69) is 16.8 Å². The van der Waals surface area contributed by atoms with Crippen molar-refractivity contribution in [3.8, 4) is 5.69 Å². The number of nitrogens with zero attached hydrogens (tertiary/aromatic N) is 3. The van der Waals surface area contributed by atoms with Crippen LogP contribution in [0.25, 0.3) is 27.6 Å². The Morgan fingerprint density at radius 1 is 1.07 bits per heavy atom. The van der Waals surface area contributed by atoms with Crippen LogP contribution in [0.3, 0.4) is 0 Å². The Labute approximate surface area is 168 Å². The molecule has 0 radical (unpaired) electrons. The molecule has 5 nitrogen and oxygen atoms in total. The quantitative estimate of drug-likeness (QED) is 0.542. The van der Waals surface area contributed by atoms with Gasteiger partial charge in [-0.25, -0.2) is 9.18 Å². The summed E-state index contributed by atoms with van der Waals surface area (Å²) in [6.45, 7) is 4.21. The number of benzene rings is 2. The number of piperidine rings is 1. The van der Waals surface area contributed by atoms with Crippen LogP contribution in [0.2, 0.25) is 0 Å². The summed E-state index contributed by atoms with van der Waals surface area (Å²) in [5.74, 6) is -0.250. The number of aromatic nitrogens is 3. The van der Waals surface area contributed by atoms with E-state index in [4.69, 9.17) is 0 Å². The number of hydrogen-bond acceptors (Lipinski definition) is 2. The molecule has 0 spiro atoms. The van der Waals surface area contributed by atoms with Crippen LogP contribution in [0.5, 0.6) is 0 Å². The van der Waals surface area contributed by atoms with Gasteiger partial charge in [-0.2, -0.15) is 0 Å². The molecule has 3 heterocycles. The minimum atomic E-state index is -0.250. The van der Waals surface area contributed by atoms with Gasteiger partial charge in [0, 0.05) is 24.7 Å². The highest BCUT2D eigenvalue weighted by atomic mass is 19.1. The standard InChI is InChI=1S/C23H25FN4O/c1-2-21(26-12-4-3-5-13-26)28-20-8-6-7-19(22(20)25-23(28)29)27-14-11-16-15-17(24)9-10-18(16)27/h6-11,14-15,21H,2-5,12-13H2,1H3,(H,25,29). The second-order valence-electron chi connectivity index (χ2n) is 7.85. The zero-order valence-electron chi connectivity index (χ0n) is 16.6. The second-order valence-corrected chi connectivity index (χ2v) is 7.85.